The summed E-state index contributed by atoms with van der Waals surface area (Å²) in [5.41, 5.74) is 0.155. The lowest BCUT2D eigenvalue weighted by Gasteiger charge is -2.33. The molecule has 11 heteroatoms. The maximum absolute atomic E-state index is 13.0. The summed E-state index contributed by atoms with van der Waals surface area (Å²) in [7, 11) is -3.15. The monoisotopic (exact) mass is 467 g/mol. The first-order valence-corrected chi connectivity index (χ1v) is 13.0. The van der Waals surface area contributed by atoms with Gasteiger partial charge in [0.1, 0.15) is 15.5 Å². The number of nitrogens with zero attached hydrogens (tertiary/aromatic N) is 2. The van der Waals surface area contributed by atoms with Crippen LogP contribution in [0.15, 0.2) is 4.79 Å². The van der Waals surface area contributed by atoms with Crippen LogP contribution < -0.4 is 5.56 Å². The standard InChI is InChI=1S/C20H25N3O6S2/c1-11-16-18(25)21-12(2)22-19(16)30-17(11)20(26)29-9-15(24)23(13-5-3-4-6-13)14-7-8-31(27,28)10-14/h13-14H,3-10H2,1-2H3,(H,21,22,25). The van der Waals surface area contributed by atoms with Crippen LogP contribution in [-0.2, 0) is 19.4 Å². The fraction of sp³-hybridized carbons (Fsp3) is 0.600. The van der Waals surface area contributed by atoms with Crippen LogP contribution in [0.1, 0.15) is 53.2 Å². The second-order valence-electron chi connectivity index (χ2n) is 8.26. The van der Waals surface area contributed by atoms with Crippen LogP contribution in [0.2, 0.25) is 0 Å². The zero-order chi connectivity index (χ0) is 22.3. The van der Waals surface area contributed by atoms with E-state index in [1.807, 2.05) is 0 Å². The number of ether oxygens (including phenoxy) is 1. The molecular weight excluding hydrogens is 442 g/mol. The molecule has 1 amide bonds. The summed E-state index contributed by atoms with van der Waals surface area (Å²) >= 11 is 1.06. The molecule has 2 aromatic heterocycles. The number of thiophene rings is 1. The lowest BCUT2D eigenvalue weighted by atomic mass is 10.1. The Hall–Kier alpha value is -2.27. The summed E-state index contributed by atoms with van der Waals surface area (Å²) in [6, 6.07) is -0.377. The van der Waals surface area contributed by atoms with E-state index in [0.717, 1.165) is 37.0 Å². The maximum atomic E-state index is 13.0. The topological polar surface area (TPSA) is 126 Å². The van der Waals surface area contributed by atoms with Crippen molar-refractivity contribution in [1.82, 2.24) is 14.9 Å². The highest BCUT2D eigenvalue weighted by molar-refractivity contribution is 7.91. The van der Waals surface area contributed by atoms with Gasteiger partial charge in [0.05, 0.1) is 16.9 Å². The minimum atomic E-state index is -3.15. The number of carbonyl (C=O) groups is 2. The molecule has 1 unspecified atom stereocenters. The molecule has 168 valence electrons. The molecule has 3 heterocycles. The smallest absolute Gasteiger partial charge is 0.349 e. The van der Waals surface area contributed by atoms with Gasteiger partial charge < -0.3 is 14.6 Å². The van der Waals surface area contributed by atoms with E-state index < -0.39 is 22.4 Å². The lowest BCUT2D eigenvalue weighted by Crippen LogP contribution is -2.48. The van der Waals surface area contributed by atoms with Gasteiger partial charge in [-0.2, -0.15) is 0 Å². The van der Waals surface area contributed by atoms with Crippen LogP contribution in [0.5, 0.6) is 0 Å². The Kier molecular flexibility index (Phi) is 5.91. The third-order valence-corrected chi connectivity index (χ3v) is 8.96. The SMILES string of the molecule is Cc1nc2sc(C(=O)OCC(=O)N(C3CCCC3)C3CCS(=O)(=O)C3)c(C)c2c(=O)[nH]1. The van der Waals surface area contributed by atoms with Crippen molar-refractivity contribution in [2.75, 3.05) is 18.1 Å². The number of aromatic nitrogens is 2. The van der Waals surface area contributed by atoms with Gasteiger partial charge >= 0.3 is 5.97 Å². The Labute approximate surface area is 183 Å². The average molecular weight is 468 g/mol. The van der Waals surface area contributed by atoms with Gasteiger partial charge in [-0.25, -0.2) is 18.2 Å². The first kappa shape index (κ1) is 21.9. The molecule has 2 fully saturated rings. The molecule has 1 aliphatic carbocycles. The van der Waals surface area contributed by atoms with Crippen LogP contribution in [0.25, 0.3) is 10.2 Å². The largest absolute Gasteiger partial charge is 0.451 e. The fourth-order valence-corrected chi connectivity index (χ4v) is 7.43. The molecule has 1 atom stereocenters. The molecule has 1 saturated carbocycles. The van der Waals surface area contributed by atoms with Crippen LogP contribution in [0.3, 0.4) is 0 Å². The van der Waals surface area contributed by atoms with E-state index in [1.165, 1.54) is 0 Å². The van der Waals surface area contributed by atoms with Gasteiger partial charge in [0.15, 0.2) is 16.4 Å². The van der Waals surface area contributed by atoms with E-state index in [4.69, 9.17) is 4.74 Å². The molecule has 4 rings (SSSR count). The Morgan fingerprint density at radius 3 is 2.55 bits per heavy atom. The number of hydrogen-bond donors (Lipinski definition) is 1. The van der Waals surface area contributed by atoms with Gasteiger partial charge in [-0.05, 0) is 38.7 Å². The number of fused-ring (bicyclic) bond motifs is 1. The number of esters is 1. The number of aryl methyl sites for hydroxylation is 2. The van der Waals surface area contributed by atoms with Crippen molar-refractivity contribution in [2.24, 2.45) is 0 Å². The number of H-pyrrole nitrogens is 1. The summed E-state index contributed by atoms with van der Waals surface area (Å²) in [4.78, 5) is 47.1. The minimum Gasteiger partial charge on any atom is -0.451 e. The third kappa shape index (κ3) is 4.38. The summed E-state index contributed by atoms with van der Waals surface area (Å²) in [5.74, 6) is -0.556. The molecule has 31 heavy (non-hydrogen) atoms. The quantitative estimate of drug-likeness (QED) is 0.663. The highest BCUT2D eigenvalue weighted by atomic mass is 32.2. The van der Waals surface area contributed by atoms with E-state index in [0.29, 0.717) is 28.0 Å². The first-order valence-electron chi connectivity index (χ1n) is 10.3. The summed E-state index contributed by atoms with van der Waals surface area (Å²) in [5, 5.41) is 0.345. The Balaban J connectivity index is 1.50. The number of hydrogen-bond acceptors (Lipinski definition) is 8. The molecule has 2 aliphatic rings. The van der Waals surface area contributed by atoms with Crippen LogP contribution in [-0.4, -0.2) is 65.4 Å². The fourth-order valence-electron chi connectivity index (χ4n) is 4.60. The van der Waals surface area contributed by atoms with Crippen molar-refractivity contribution in [3.8, 4) is 0 Å². The average Bonchev–Trinajstić information content (AvgIpc) is 3.40. The van der Waals surface area contributed by atoms with Gasteiger partial charge in [0.2, 0.25) is 0 Å². The van der Waals surface area contributed by atoms with Gasteiger partial charge in [0.25, 0.3) is 11.5 Å². The van der Waals surface area contributed by atoms with Gasteiger partial charge in [0, 0.05) is 12.1 Å². The molecule has 1 N–H and O–H groups in total. The van der Waals surface area contributed by atoms with E-state index >= 15 is 0 Å². The zero-order valence-electron chi connectivity index (χ0n) is 17.5. The van der Waals surface area contributed by atoms with Crippen LogP contribution in [0.4, 0.5) is 0 Å². The van der Waals surface area contributed by atoms with E-state index in [2.05, 4.69) is 9.97 Å². The molecular formula is C20H25N3O6S2. The Morgan fingerprint density at radius 2 is 1.90 bits per heavy atom. The molecule has 1 aliphatic heterocycles. The minimum absolute atomic E-state index is 0.0127. The second-order valence-corrected chi connectivity index (χ2v) is 11.5. The molecule has 0 aromatic carbocycles. The van der Waals surface area contributed by atoms with Crippen molar-refractivity contribution in [3.05, 3.63) is 26.6 Å². The Bertz CT molecular complexity index is 1190. The summed E-state index contributed by atoms with van der Waals surface area (Å²) in [6.07, 6.45) is 4.08. The number of nitrogens with one attached hydrogen (secondary N) is 1. The van der Waals surface area contributed by atoms with Crippen molar-refractivity contribution in [1.29, 1.82) is 0 Å². The number of amides is 1. The number of rotatable bonds is 5. The predicted molar refractivity (Wildman–Crippen MR) is 116 cm³/mol. The molecule has 0 spiro atoms. The number of carbonyl (C=O) groups excluding carboxylic acids is 2. The van der Waals surface area contributed by atoms with E-state index in [-0.39, 0.29) is 39.9 Å². The normalized spacial score (nSPS) is 20.9. The van der Waals surface area contributed by atoms with Crippen molar-refractivity contribution in [3.63, 3.8) is 0 Å². The van der Waals surface area contributed by atoms with Crippen molar-refractivity contribution < 1.29 is 22.7 Å². The summed E-state index contributed by atoms with van der Waals surface area (Å²) < 4.78 is 29.2. The zero-order valence-corrected chi connectivity index (χ0v) is 19.1. The molecule has 0 bridgehead atoms. The highest BCUT2D eigenvalue weighted by Gasteiger charge is 2.39. The van der Waals surface area contributed by atoms with Gasteiger partial charge in [-0.3, -0.25) is 9.59 Å². The first-order chi connectivity index (χ1) is 14.7. The van der Waals surface area contributed by atoms with Gasteiger partial charge in [-0.15, -0.1) is 11.3 Å². The number of aromatic amines is 1. The van der Waals surface area contributed by atoms with Crippen molar-refractivity contribution >= 4 is 43.3 Å². The van der Waals surface area contributed by atoms with Crippen LogP contribution >= 0.6 is 11.3 Å². The maximum Gasteiger partial charge on any atom is 0.349 e. The summed E-state index contributed by atoms with van der Waals surface area (Å²) in [6.45, 7) is 2.85. The predicted octanol–water partition coefficient (Wildman–Crippen LogP) is 1.72. The molecule has 1 saturated heterocycles. The second kappa shape index (κ2) is 8.34. The van der Waals surface area contributed by atoms with E-state index in [1.54, 1.807) is 18.7 Å². The van der Waals surface area contributed by atoms with Crippen molar-refractivity contribution in [2.45, 2.75) is 58.0 Å². The highest BCUT2D eigenvalue weighted by Crippen LogP contribution is 2.30. The molecule has 0 radical (unpaired) electrons. The van der Waals surface area contributed by atoms with Gasteiger partial charge in [-0.1, -0.05) is 12.8 Å². The third-order valence-electron chi connectivity index (χ3n) is 6.04. The molecule has 2 aromatic rings. The van der Waals surface area contributed by atoms with E-state index in [9.17, 15) is 22.8 Å². The molecule has 9 nitrogen and oxygen atoms in total. The number of sulfone groups is 1. The Morgan fingerprint density at radius 1 is 1.19 bits per heavy atom. The van der Waals surface area contributed by atoms with Crippen LogP contribution in [0, 0.1) is 13.8 Å². The lowest BCUT2D eigenvalue weighted by molar-refractivity contribution is -0.139.